The molecule has 1 aliphatic carbocycles. The first-order chi connectivity index (χ1) is 7.28. The Labute approximate surface area is 90.1 Å². The van der Waals surface area contributed by atoms with E-state index in [4.69, 9.17) is 4.74 Å². The van der Waals surface area contributed by atoms with Crippen molar-refractivity contribution in [2.75, 3.05) is 12.4 Å². The predicted octanol–water partition coefficient (Wildman–Crippen LogP) is 2.15. The Bertz CT molecular complexity index is 335. The van der Waals surface area contributed by atoms with E-state index in [2.05, 4.69) is 15.3 Å². The average Bonchev–Trinajstić information content (AvgIpc) is 2.69. The Morgan fingerprint density at radius 1 is 1.33 bits per heavy atom. The van der Waals surface area contributed by atoms with Crippen LogP contribution in [0.4, 0.5) is 5.82 Å². The summed E-state index contributed by atoms with van der Waals surface area (Å²) in [6, 6.07) is 2.43. The fourth-order valence-corrected chi connectivity index (χ4v) is 2.00. The summed E-state index contributed by atoms with van der Waals surface area (Å²) in [4.78, 5) is 8.50. The van der Waals surface area contributed by atoms with Gasteiger partial charge < -0.3 is 10.1 Å². The van der Waals surface area contributed by atoms with Gasteiger partial charge in [-0.05, 0) is 19.8 Å². The summed E-state index contributed by atoms with van der Waals surface area (Å²) in [6.45, 7) is 1.88. The Kier molecular flexibility index (Phi) is 3.04. The van der Waals surface area contributed by atoms with Crippen LogP contribution < -0.4 is 10.1 Å². The molecular formula is C11H17N3O. The summed E-state index contributed by atoms with van der Waals surface area (Å²) < 4.78 is 5.11. The molecule has 1 heterocycles. The van der Waals surface area contributed by atoms with Gasteiger partial charge in [-0.2, -0.15) is 4.98 Å². The average molecular weight is 207 g/mol. The Hall–Kier alpha value is -1.32. The summed E-state index contributed by atoms with van der Waals surface area (Å²) in [5, 5.41) is 3.43. The van der Waals surface area contributed by atoms with Crippen LogP contribution in [0.5, 0.6) is 5.88 Å². The van der Waals surface area contributed by atoms with E-state index in [1.807, 2.05) is 13.0 Å². The molecule has 0 atom stereocenters. The van der Waals surface area contributed by atoms with Gasteiger partial charge in [-0.3, -0.25) is 0 Å². The molecule has 0 spiro atoms. The third-order valence-corrected chi connectivity index (χ3v) is 2.73. The molecule has 1 fully saturated rings. The van der Waals surface area contributed by atoms with Crippen molar-refractivity contribution >= 4 is 5.82 Å². The van der Waals surface area contributed by atoms with Gasteiger partial charge >= 0.3 is 0 Å². The maximum absolute atomic E-state index is 5.11. The monoisotopic (exact) mass is 207 g/mol. The fraction of sp³-hybridized carbons (Fsp3) is 0.636. The molecule has 1 N–H and O–H groups in total. The van der Waals surface area contributed by atoms with Gasteiger partial charge in [-0.25, -0.2) is 4.98 Å². The molecule has 0 aromatic carbocycles. The number of hydrogen-bond acceptors (Lipinski definition) is 4. The molecule has 0 bridgehead atoms. The van der Waals surface area contributed by atoms with Crippen LogP contribution in [0.3, 0.4) is 0 Å². The van der Waals surface area contributed by atoms with Crippen LogP contribution in [-0.4, -0.2) is 23.1 Å². The van der Waals surface area contributed by atoms with Crippen molar-refractivity contribution in [3.8, 4) is 5.88 Å². The van der Waals surface area contributed by atoms with Crippen LogP contribution >= 0.6 is 0 Å². The maximum Gasteiger partial charge on any atom is 0.218 e. The van der Waals surface area contributed by atoms with E-state index in [9.17, 15) is 0 Å². The summed E-state index contributed by atoms with van der Waals surface area (Å²) in [5.74, 6) is 2.25. The summed E-state index contributed by atoms with van der Waals surface area (Å²) >= 11 is 0. The SMILES string of the molecule is COc1cc(NC2CCCC2)nc(C)n1. The minimum atomic E-state index is 0.573. The highest BCUT2D eigenvalue weighted by molar-refractivity contribution is 5.39. The third kappa shape index (κ3) is 2.58. The molecule has 1 aromatic rings. The topological polar surface area (TPSA) is 47.0 Å². The minimum absolute atomic E-state index is 0.573. The highest BCUT2D eigenvalue weighted by Crippen LogP contribution is 2.22. The summed E-state index contributed by atoms with van der Waals surface area (Å²) in [6.07, 6.45) is 5.12. The van der Waals surface area contributed by atoms with Crippen molar-refractivity contribution in [3.63, 3.8) is 0 Å². The van der Waals surface area contributed by atoms with Crippen LogP contribution in [0, 0.1) is 6.92 Å². The third-order valence-electron chi connectivity index (χ3n) is 2.73. The number of aromatic nitrogens is 2. The molecule has 0 aliphatic heterocycles. The molecule has 4 nitrogen and oxygen atoms in total. The van der Waals surface area contributed by atoms with Gasteiger partial charge in [0.15, 0.2) is 0 Å². The van der Waals surface area contributed by atoms with E-state index >= 15 is 0 Å². The summed E-state index contributed by atoms with van der Waals surface area (Å²) in [7, 11) is 1.63. The van der Waals surface area contributed by atoms with Gasteiger partial charge in [0.1, 0.15) is 11.6 Å². The van der Waals surface area contributed by atoms with Crippen LogP contribution in [-0.2, 0) is 0 Å². The smallest absolute Gasteiger partial charge is 0.218 e. The number of hydrogen-bond donors (Lipinski definition) is 1. The lowest BCUT2D eigenvalue weighted by atomic mass is 10.2. The van der Waals surface area contributed by atoms with Gasteiger partial charge in [0.05, 0.1) is 7.11 Å². The molecule has 4 heteroatoms. The zero-order chi connectivity index (χ0) is 10.7. The van der Waals surface area contributed by atoms with E-state index in [0.29, 0.717) is 11.9 Å². The van der Waals surface area contributed by atoms with Crippen molar-refractivity contribution in [2.24, 2.45) is 0 Å². The quantitative estimate of drug-likeness (QED) is 0.825. The standard InChI is InChI=1S/C11H17N3O/c1-8-12-10(7-11(13-8)15-2)14-9-5-3-4-6-9/h7,9H,3-6H2,1-2H3,(H,12,13,14). The first kappa shape index (κ1) is 10.2. The number of ether oxygens (including phenoxy) is 1. The Morgan fingerprint density at radius 3 is 2.73 bits per heavy atom. The lowest BCUT2D eigenvalue weighted by Gasteiger charge is -2.13. The van der Waals surface area contributed by atoms with Crippen molar-refractivity contribution in [1.82, 2.24) is 9.97 Å². The van der Waals surface area contributed by atoms with Crippen molar-refractivity contribution < 1.29 is 4.74 Å². The molecule has 0 amide bonds. The highest BCUT2D eigenvalue weighted by atomic mass is 16.5. The fourth-order valence-electron chi connectivity index (χ4n) is 2.00. The molecule has 15 heavy (non-hydrogen) atoms. The zero-order valence-electron chi connectivity index (χ0n) is 9.29. The minimum Gasteiger partial charge on any atom is -0.481 e. The van der Waals surface area contributed by atoms with E-state index in [1.54, 1.807) is 7.11 Å². The highest BCUT2D eigenvalue weighted by Gasteiger charge is 2.15. The van der Waals surface area contributed by atoms with Crippen LogP contribution in [0.1, 0.15) is 31.5 Å². The van der Waals surface area contributed by atoms with Crippen LogP contribution in [0.15, 0.2) is 6.07 Å². The number of methoxy groups -OCH3 is 1. The molecule has 0 unspecified atom stereocenters. The molecular weight excluding hydrogens is 190 g/mol. The molecule has 0 radical (unpaired) electrons. The lowest BCUT2D eigenvalue weighted by molar-refractivity contribution is 0.396. The number of aryl methyl sites for hydroxylation is 1. The normalized spacial score (nSPS) is 16.7. The van der Waals surface area contributed by atoms with Crippen molar-refractivity contribution in [3.05, 3.63) is 11.9 Å². The lowest BCUT2D eigenvalue weighted by Crippen LogP contribution is -2.16. The largest absolute Gasteiger partial charge is 0.481 e. The molecule has 0 saturated heterocycles. The molecule has 1 aliphatic rings. The van der Waals surface area contributed by atoms with Gasteiger partial charge in [-0.1, -0.05) is 12.8 Å². The van der Waals surface area contributed by atoms with Gasteiger partial charge in [0.2, 0.25) is 5.88 Å². The molecule has 82 valence electrons. The van der Waals surface area contributed by atoms with Gasteiger partial charge in [-0.15, -0.1) is 0 Å². The first-order valence-corrected chi connectivity index (χ1v) is 5.44. The molecule has 1 saturated carbocycles. The van der Waals surface area contributed by atoms with Gasteiger partial charge in [0, 0.05) is 12.1 Å². The zero-order valence-corrected chi connectivity index (χ0v) is 9.29. The summed E-state index contributed by atoms with van der Waals surface area (Å²) in [5.41, 5.74) is 0. The van der Waals surface area contributed by atoms with E-state index in [1.165, 1.54) is 25.7 Å². The van der Waals surface area contributed by atoms with Gasteiger partial charge in [0.25, 0.3) is 0 Å². The maximum atomic E-state index is 5.11. The first-order valence-electron chi connectivity index (χ1n) is 5.44. The van der Waals surface area contributed by atoms with Crippen LogP contribution in [0.25, 0.3) is 0 Å². The number of nitrogens with zero attached hydrogens (tertiary/aromatic N) is 2. The number of rotatable bonds is 3. The predicted molar refractivity (Wildman–Crippen MR) is 59.2 cm³/mol. The molecule has 1 aromatic heterocycles. The molecule has 2 rings (SSSR count). The van der Waals surface area contributed by atoms with Crippen molar-refractivity contribution in [1.29, 1.82) is 0 Å². The second-order valence-corrected chi connectivity index (χ2v) is 3.97. The second kappa shape index (κ2) is 4.47. The van der Waals surface area contributed by atoms with E-state index in [-0.39, 0.29) is 0 Å². The number of nitrogens with one attached hydrogen (secondary N) is 1. The van der Waals surface area contributed by atoms with Crippen molar-refractivity contribution in [2.45, 2.75) is 38.6 Å². The Morgan fingerprint density at radius 2 is 2.07 bits per heavy atom. The van der Waals surface area contributed by atoms with E-state index in [0.717, 1.165) is 11.6 Å². The van der Waals surface area contributed by atoms with Crippen LogP contribution in [0.2, 0.25) is 0 Å². The Balaban J connectivity index is 2.09. The van der Waals surface area contributed by atoms with E-state index < -0.39 is 0 Å². The number of anilines is 1. The second-order valence-electron chi connectivity index (χ2n) is 3.97.